The lowest BCUT2D eigenvalue weighted by molar-refractivity contribution is 1.27. The molecule has 0 spiro atoms. The zero-order valence-electron chi connectivity index (χ0n) is 12.2. The van der Waals surface area contributed by atoms with Crippen molar-refractivity contribution in [2.45, 2.75) is 6.42 Å². The first-order chi connectivity index (χ1) is 9.95. The monoisotopic (exact) mass is 278 g/mol. The van der Waals surface area contributed by atoms with Gasteiger partial charge in [-0.25, -0.2) is 0 Å². The highest BCUT2D eigenvalue weighted by molar-refractivity contribution is 5.45. The summed E-state index contributed by atoms with van der Waals surface area (Å²) in [4.78, 5) is 0. The highest BCUT2D eigenvalue weighted by atomic mass is 14.8. The first-order valence-electron chi connectivity index (χ1n) is 6.79. The van der Waals surface area contributed by atoms with Gasteiger partial charge in [0, 0.05) is 11.9 Å². The quantitative estimate of drug-likeness (QED) is 0.720. The number of anilines is 1. The predicted molar refractivity (Wildman–Crippen MR) is 92.7 cm³/mol. The zero-order chi connectivity index (χ0) is 13.9. The summed E-state index contributed by atoms with van der Waals surface area (Å²) in [6.45, 7) is 0. The van der Waals surface area contributed by atoms with Crippen LogP contribution in [0.2, 0.25) is 0 Å². The van der Waals surface area contributed by atoms with Gasteiger partial charge in [0.05, 0.1) is 0 Å². The third-order valence-electron chi connectivity index (χ3n) is 2.79. The fraction of sp³-hybridized carbons (Fsp3) is 0.0526. The smallest absolute Gasteiger partial charge is 0.0379 e. The lowest BCUT2D eigenvalue weighted by atomic mass is 10.1. The van der Waals surface area contributed by atoms with E-state index in [0.717, 1.165) is 12.1 Å². The van der Waals surface area contributed by atoms with Crippen LogP contribution < -0.4 is 11.5 Å². The zero-order valence-corrected chi connectivity index (χ0v) is 12.2. The molecule has 0 heterocycles. The fourth-order valence-corrected chi connectivity index (χ4v) is 1.76. The van der Waals surface area contributed by atoms with Crippen LogP contribution in [-0.2, 0) is 6.42 Å². The molecule has 0 aliphatic rings. The highest BCUT2D eigenvalue weighted by Crippen LogP contribution is 2.04. The van der Waals surface area contributed by atoms with E-state index in [4.69, 9.17) is 0 Å². The first-order valence-corrected chi connectivity index (χ1v) is 6.79. The van der Waals surface area contributed by atoms with E-state index < -0.39 is 0 Å². The number of benzene rings is 2. The number of nitrogens with one attached hydrogen (secondary N) is 1. The largest absolute Gasteiger partial charge is 0.362 e. The molecular formula is C19H22N2. The van der Waals surface area contributed by atoms with E-state index in [1.807, 2.05) is 60.8 Å². The lowest BCUT2D eigenvalue weighted by Crippen LogP contribution is -1.84. The second kappa shape index (κ2) is 10.2. The number of hydrogen-bond acceptors (Lipinski definition) is 2. The molecule has 0 aliphatic heterocycles. The van der Waals surface area contributed by atoms with E-state index in [-0.39, 0.29) is 6.15 Å². The Morgan fingerprint density at radius 3 is 2.05 bits per heavy atom. The fourth-order valence-electron chi connectivity index (χ4n) is 1.76. The Hall–Kier alpha value is -2.58. The van der Waals surface area contributed by atoms with Crippen LogP contribution in [0.4, 0.5) is 5.69 Å². The molecule has 0 fully saturated rings. The number of allylic oxidation sites excluding steroid dienone is 5. The Bertz CT molecular complexity index is 516. The molecular weight excluding hydrogens is 256 g/mol. The molecule has 2 rings (SSSR count). The maximum atomic E-state index is 3.21. The van der Waals surface area contributed by atoms with Gasteiger partial charge in [-0.15, -0.1) is 0 Å². The van der Waals surface area contributed by atoms with Gasteiger partial charge >= 0.3 is 0 Å². The maximum absolute atomic E-state index is 3.21. The molecule has 4 N–H and O–H groups in total. The number of rotatable bonds is 6. The molecule has 0 aliphatic carbocycles. The van der Waals surface area contributed by atoms with Crippen LogP contribution >= 0.6 is 0 Å². The molecule has 2 aromatic carbocycles. The Labute approximate surface area is 127 Å². The molecule has 0 bridgehead atoms. The molecule has 2 heteroatoms. The molecule has 0 aromatic heterocycles. The van der Waals surface area contributed by atoms with Crippen molar-refractivity contribution in [1.29, 1.82) is 0 Å². The van der Waals surface area contributed by atoms with Gasteiger partial charge in [0.25, 0.3) is 0 Å². The summed E-state index contributed by atoms with van der Waals surface area (Å²) in [6.07, 6.45) is 13.2. The van der Waals surface area contributed by atoms with Crippen molar-refractivity contribution in [3.63, 3.8) is 0 Å². The summed E-state index contributed by atoms with van der Waals surface area (Å²) in [7, 11) is 0. The van der Waals surface area contributed by atoms with E-state index >= 15 is 0 Å². The van der Waals surface area contributed by atoms with Crippen molar-refractivity contribution in [1.82, 2.24) is 6.15 Å². The molecule has 0 unspecified atom stereocenters. The average Bonchev–Trinajstić information content (AvgIpc) is 2.52. The van der Waals surface area contributed by atoms with Crippen LogP contribution in [0.3, 0.4) is 0 Å². The van der Waals surface area contributed by atoms with Crippen LogP contribution in [0.1, 0.15) is 5.56 Å². The van der Waals surface area contributed by atoms with E-state index in [1.54, 1.807) is 0 Å². The van der Waals surface area contributed by atoms with Crippen molar-refractivity contribution in [3.8, 4) is 0 Å². The summed E-state index contributed by atoms with van der Waals surface area (Å²) in [5.41, 5.74) is 2.43. The average molecular weight is 278 g/mol. The third kappa shape index (κ3) is 6.95. The number of para-hydroxylation sites is 1. The Morgan fingerprint density at radius 1 is 0.714 bits per heavy atom. The van der Waals surface area contributed by atoms with Gasteiger partial charge in [0.1, 0.15) is 0 Å². The van der Waals surface area contributed by atoms with Crippen LogP contribution in [0.25, 0.3) is 0 Å². The second-order valence-corrected chi connectivity index (χ2v) is 4.37. The standard InChI is InChI=1S/C19H19N.H3N/c1(2-6-12-18-13-7-4-8-14-18)3-11-17-20-19-15-9-5-10-16-19;/h1-11,13-17,20H,12H2;1H3. The summed E-state index contributed by atoms with van der Waals surface area (Å²) in [5, 5.41) is 3.21. The minimum Gasteiger partial charge on any atom is -0.362 e. The predicted octanol–water partition coefficient (Wildman–Crippen LogP) is 5.13. The summed E-state index contributed by atoms with van der Waals surface area (Å²) >= 11 is 0. The topological polar surface area (TPSA) is 47.0 Å². The van der Waals surface area contributed by atoms with Crippen LogP contribution in [0.15, 0.2) is 97.2 Å². The van der Waals surface area contributed by atoms with Gasteiger partial charge in [0.2, 0.25) is 0 Å². The second-order valence-electron chi connectivity index (χ2n) is 4.37. The van der Waals surface area contributed by atoms with Crippen molar-refractivity contribution in [3.05, 3.63) is 103 Å². The Morgan fingerprint density at radius 2 is 1.33 bits per heavy atom. The minimum absolute atomic E-state index is 0. The SMILES string of the molecule is C(=CC=CNc1ccccc1)C=CCc1ccccc1.N. The van der Waals surface area contributed by atoms with Gasteiger partial charge in [-0.1, -0.05) is 72.8 Å². The molecule has 0 atom stereocenters. The van der Waals surface area contributed by atoms with Gasteiger partial charge < -0.3 is 11.5 Å². The van der Waals surface area contributed by atoms with E-state index in [0.29, 0.717) is 0 Å². The van der Waals surface area contributed by atoms with Crippen molar-refractivity contribution in [2.24, 2.45) is 0 Å². The van der Waals surface area contributed by atoms with Crippen LogP contribution in [0.5, 0.6) is 0 Å². The molecule has 0 saturated heterocycles. The minimum atomic E-state index is 0. The summed E-state index contributed by atoms with van der Waals surface area (Å²) < 4.78 is 0. The van der Waals surface area contributed by atoms with Crippen LogP contribution in [0, 0.1) is 0 Å². The van der Waals surface area contributed by atoms with Crippen LogP contribution in [-0.4, -0.2) is 0 Å². The first kappa shape index (κ1) is 16.5. The van der Waals surface area contributed by atoms with Gasteiger partial charge in [-0.3, -0.25) is 0 Å². The molecule has 0 radical (unpaired) electrons. The number of hydrogen-bond donors (Lipinski definition) is 2. The van der Waals surface area contributed by atoms with E-state index in [1.165, 1.54) is 5.56 Å². The Kier molecular flexibility index (Phi) is 8.03. The summed E-state index contributed by atoms with van der Waals surface area (Å²) in [5.74, 6) is 0. The van der Waals surface area contributed by atoms with E-state index in [9.17, 15) is 0 Å². The normalized spacial score (nSPS) is 11.0. The molecule has 0 saturated carbocycles. The van der Waals surface area contributed by atoms with Crippen molar-refractivity contribution < 1.29 is 0 Å². The molecule has 108 valence electrons. The van der Waals surface area contributed by atoms with Crippen molar-refractivity contribution in [2.75, 3.05) is 5.32 Å². The Balaban J connectivity index is 0.00000220. The van der Waals surface area contributed by atoms with Gasteiger partial charge in [0.15, 0.2) is 0 Å². The van der Waals surface area contributed by atoms with Gasteiger partial charge in [-0.2, -0.15) is 0 Å². The van der Waals surface area contributed by atoms with Gasteiger partial charge in [-0.05, 0) is 30.2 Å². The maximum Gasteiger partial charge on any atom is 0.0379 e. The van der Waals surface area contributed by atoms with E-state index in [2.05, 4.69) is 41.7 Å². The molecule has 2 aromatic rings. The third-order valence-corrected chi connectivity index (χ3v) is 2.79. The molecule has 2 nitrogen and oxygen atoms in total. The molecule has 0 amide bonds. The summed E-state index contributed by atoms with van der Waals surface area (Å²) in [6, 6.07) is 20.5. The highest BCUT2D eigenvalue weighted by Gasteiger charge is 1.84. The lowest BCUT2D eigenvalue weighted by Gasteiger charge is -1.97. The molecule has 21 heavy (non-hydrogen) atoms. The van der Waals surface area contributed by atoms with Crippen molar-refractivity contribution >= 4 is 5.69 Å².